The van der Waals surface area contributed by atoms with Crippen LogP contribution in [0.5, 0.6) is 0 Å². The van der Waals surface area contributed by atoms with E-state index in [1.54, 1.807) is 6.33 Å². The van der Waals surface area contributed by atoms with Crippen LogP contribution < -0.4 is 5.32 Å². The lowest BCUT2D eigenvalue weighted by atomic mass is 9.97. The highest BCUT2D eigenvalue weighted by Gasteiger charge is 2.20. The van der Waals surface area contributed by atoms with E-state index in [4.69, 9.17) is 0 Å². The first-order valence-corrected chi connectivity index (χ1v) is 6.56. The van der Waals surface area contributed by atoms with Gasteiger partial charge in [0.05, 0.1) is 6.54 Å². The SMILES string of the molecule is c1ccc(Cn2ncnc2C2CCNCC2)cc1. The van der Waals surface area contributed by atoms with Gasteiger partial charge in [0, 0.05) is 5.92 Å². The van der Waals surface area contributed by atoms with Crippen molar-refractivity contribution >= 4 is 0 Å². The smallest absolute Gasteiger partial charge is 0.138 e. The molecule has 0 aliphatic carbocycles. The van der Waals surface area contributed by atoms with Crippen molar-refractivity contribution in [2.75, 3.05) is 13.1 Å². The standard InChI is InChI=1S/C14H18N4/c1-2-4-12(5-3-1)10-18-14(16-11-17-18)13-6-8-15-9-7-13/h1-5,11,13,15H,6-10H2. The highest BCUT2D eigenvalue weighted by molar-refractivity contribution is 5.15. The predicted octanol–water partition coefficient (Wildman–Crippen LogP) is 1.79. The third-order valence-electron chi connectivity index (χ3n) is 3.52. The number of rotatable bonds is 3. The molecule has 0 bridgehead atoms. The minimum Gasteiger partial charge on any atom is -0.317 e. The van der Waals surface area contributed by atoms with Gasteiger partial charge in [-0.15, -0.1) is 0 Å². The molecular formula is C14H18N4. The van der Waals surface area contributed by atoms with Crippen LogP contribution in [-0.2, 0) is 6.54 Å². The van der Waals surface area contributed by atoms with E-state index in [2.05, 4.69) is 39.7 Å². The van der Waals surface area contributed by atoms with Crippen LogP contribution in [0.3, 0.4) is 0 Å². The van der Waals surface area contributed by atoms with Gasteiger partial charge in [-0.2, -0.15) is 5.10 Å². The van der Waals surface area contributed by atoms with E-state index in [0.717, 1.165) is 38.3 Å². The summed E-state index contributed by atoms with van der Waals surface area (Å²) in [7, 11) is 0. The third kappa shape index (κ3) is 2.43. The van der Waals surface area contributed by atoms with Crippen molar-refractivity contribution in [1.82, 2.24) is 20.1 Å². The molecule has 1 aliphatic heterocycles. The zero-order valence-corrected chi connectivity index (χ0v) is 10.4. The molecule has 94 valence electrons. The van der Waals surface area contributed by atoms with Gasteiger partial charge in [0.15, 0.2) is 0 Å². The minimum absolute atomic E-state index is 0.553. The molecule has 18 heavy (non-hydrogen) atoms. The summed E-state index contributed by atoms with van der Waals surface area (Å²) in [6.07, 6.45) is 4.00. The zero-order valence-electron chi connectivity index (χ0n) is 10.4. The van der Waals surface area contributed by atoms with Crippen LogP contribution in [0, 0.1) is 0 Å². The van der Waals surface area contributed by atoms with Gasteiger partial charge in [-0.25, -0.2) is 9.67 Å². The van der Waals surface area contributed by atoms with Gasteiger partial charge in [0.1, 0.15) is 12.2 Å². The highest BCUT2D eigenvalue weighted by Crippen LogP contribution is 2.23. The maximum absolute atomic E-state index is 4.46. The second-order valence-electron chi connectivity index (χ2n) is 4.79. The minimum atomic E-state index is 0.553. The fourth-order valence-electron chi connectivity index (χ4n) is 2.55. The number of hydrogen-bond donors (Lipinski definition) is 1. The Bertz CT molecular complexity index is 486. The zero-order chi connectivity index (χ0) is 12.2. The Labute approximate surface area is 107 Å². The lowest BCUT2D eigenvalue weighted by Gasteiger charge is -2.22. The number of aromatic nitrogens is 3. The average molecular weight is 242 g/mol. The lowest BCUT2D eigenvalue weighted by Crippen LogP contribution is -2.28. The summed E-state index contributed by atoms with van der Waals surface area (Å²) < 4.78 is 2.05. The van der Waals surface area contributed by atoms with E-state index in [9.17, 15) is 0 Å². The molecule has 1 aliphatic rings. The molecule has 2 aromatic rings. The fraction of sp³-hybridized carbons (Fsp3) is 0.429. The molecule has 0 unspecified atom stereocenters. The van der Waals surface area contributed by atoms with E-state index >= 15 is 0 Å². The maximum atomic E-state index is 4.46. The molecule has 0 saturated carbocycles. The average Bonchev–Trinajstić information content (AvgIpc) is 2.89. The molecule has 0 atom stereocenters. The van der Waals surface area contributed by atoms with Crippen molar-refractivity contribution in [2.24, 2.45) is 0 Å². The van der Waals surface area contributed by atoms with Gasteiger partial charge in [-0.1, -0.05) is 30.3 Å². The second kappa shape index (κ2) is 5.31. The van der Waals surface area contributed by atoms with Crippen LogP contribution in [0.1, 0.15) is 30.1 Å². The Hall–Kier alpha value is -1.68. The normalized spacial score (nSPS) is 16.9. The van der Waals surface area contributed by atoms with Crippen LogP contribution in [0.4, 0.5) is 0 Å². The summed E-state index contributed by atoms with van der Waals surface area (Å²) in [5.41, 5.74) is 1.28. The highest BCUT2D eigenvalue weighted by atomic mass is 15.3. The van der Waals surface area contributed by atoms with Crippen LogP contribution in [-0.4, -0.2) is 27.9 Å². The van der Waals surface area contributed by atoms with Crippen molar-refractivity contribution < 1.29 is 0 Å². The molecule has 1 fully saturated rings. The first-order chi connectivity index (χ1) is 8.93. The van der Waals surface area contributed by atoms with Crippen LogP contribution in [0.25, 0.3) is 0 Å². The lowest BCUT2D eigenvalue weighted by molar-refractivity contribution is 0.427. The van der Waals surface area contributed by atoms with Gasteiger partial charge >= 0.3 is 0 Å². The molecule has 4 nitrogen and oxygen atoms in total. The van der Waals surface area contributed by atoms with Gasteiger partial charge in [0.2, 0.25) is 0 Å². The molecule has 4 heteroatoms. The summed E-state index contributed by atoms with van der Waals surface area (Å²) in [5, 5.41) is 7.76. The van der Waals surface area contributed by atoms with E-state index in [1.165, 1.54) is 5.56 Å². The van der Waals surface area contributed by atoms with Crippen molar-refractivity contribution in [1.29, 1.82) is 0 Å². The molecule has 0 amide bonds. The molecule has 1 saturated heterocycles. The van der Waals surface area contributed by atoms with Crippen LogP contribution >= 0.6 is 0 Å². The number of benzene rings is 1. The van der Waals surface area contributed by atoms with E-state index < -0.39 is 0 Å². The molecule has 1 aromatic carbocycles. The molecule has 1 N–H and O–H groups in total. The summed E-state index contributed by atoms with van der Waals surface area (Å²) >= 11 is 0. The number of piperidine rings is 1. The summed E-state index contributed by atoms with van der Waals surface area (Å²) in [4.78, 5) is 4.46. The van der Waals surface area contributed by atoms with Gasteiger partial charge in [0.25, 0.3) is 0 Å². The molecule has 1 aromatic heterocycles. The topological polar surface area (TPSA) is 42.7 Å². The Kier molecular flexibility index (Phi) is 3.37. The van der Waals surface area contributed by atoms with E-state index in [1.807, 2.05) is 10.7 Å². The monoisotopic (exact) mass is 242 g/mol. The Morgan fingerprint density at radius 3 is 2.72 bits per heavy atom. The fourth-order valence-corrected chi connectivity index (χ4v) is 2.55. The number of nitrogens with zero attached hydrogens (tertiary/aromatic N) is 3. The van der Waals surface area contributed by atoms with Gasteiger partial charge < -0.3 is 5.32 Å². The second-order valence-corrected chi connectivity index (χ2v) is 4.79. The number of hydrogen-bond acceptors (Lipinski definition) is 3. The molecule has 0 radical (unpaired) electrons. The molecule has 2 heterocycles. The first kappa shape index (κ1) is 11.4. The van der Waals surface area contributed by atoms with Crippen molar-refractivity contribution in [3.05, 3.63) is 48.0 Å². The summed E-state index contributed by atoms with van der Waals surface area (Å²) in [5.74, 6) is 1.69. The predicted molar refractivity (Wildman–Crippen MR) is 70.4 cm³/mol. The van der Waals surface area contributed by atoms with Gasteiger partial charge in [-0.05, 0) is 31.5 Å². The van der Waals surface area contributed by atoms with Crippen molar-refractivity contribution in [3.63, 3.8) is 0 Å². The van der Waals surface area contributed by atoms with Gasteiger partial charge in [-0.3, -0.25) is 0 Å². The first-order valence-electron chi connectivity index (χ1n) is 6.56. The molecular weight excluding hydrogens is 224 g/mol. The van der Waals surface area contributed by atoms with Crippen LogP contribution in [0.15, 0.2) is 36.7 Å². The maximum Gasteiger partial charge on any atom is 0.138 e. The largest absolute Gasteiger partial charge is 0.317 e. The molecule has 0 spiro atoms. The Morgan fingerprint density at radius 2 is 1.94 bits per heavy atom. The Morgan fingerprint density at radius 1 is 1.17 bits per heavy atom. The third-order valence-corrected chi connectivity index (χ3v) is 3.52. The Balaban J connectivity index is 1.78. The quantitative estimate of drug-likeness (QED) is 0.892. The van der Waals surface area contributed by atoms with Crippen molar-refractivity contribution in [3.8, 4) is 0 Å². The van der Waals surface area contributed by atoms with E-state index in [-0.39, 0.29) is 0 Å². The summed E-state index contributed by atoms with van der Waals surface area (Å²) in [6, 6.07) is 10.4. The summed E-state index contributed by atoms with van der Waals surface area (Å²) in [6.45, 7) is 2.99. The van der Waals surface area contributed by atoms with E-state index in [0.29, 0.717) is 5.92 Å². The van der Waals surface area contributed by atoms with Crippen LogP contribution in [0.2, 0.25) is 0 Å². The van der Waals surface area contributed by atoms with Crippen molar-refractivity contribution in [2.45, 2.75) is 25.3 Å². The number of nitrogens with one attached hydrogen (secondary N) is 1. The molecule has 3 rings (SSSR count).